The van der Waals surface area contributed by atoms with Gasteiger partial charge in [-0.05, 0) is 67.0 Å². The fraction of sp³-hybridized carbons (Fsp3) is 0.179. The normalized spacial score (nSPS) is 20.0. The average Bonchev–Trinajstić information content (AvgIpc) is 2.98. The lowest BCUT2D eigenvalue weighted by molar-refractivity contribution is 0.0521. The number of rotatable bonds is 3. The van der Waals surface area contributed by atoms with E-state index in [4.69, 9.17) is 4.74 Å². The predicted octanol–water partition coefficient (Wildman–Crippen LogP) is 6.30. The molecule has 0 saturated carbocycles. The van der Waals surface area contributed by atoms with Gasteiger partial charge in [0.05, 0.1) is 17.0 Å². The number of ether oxygens (including phenoxy) is 1. The Morgan fingerprint density at radius 2 is 1.84 bits per heavy atom. The van der Waals surface area contributed by atoms with Crippen molar-refractivity contribution in [2.45, 2.75) is 31.5 Å². The first kappa shape index (κ1) is 19.2. The summed E-state index contributed by atoms with van der Waals surface area (Å²) in [5.74, 6) is 0.800. The van der Waals surface area contributed by atoms with Crippen LogP contribution in [0, 0.1) is 11.3 Å². The van der Waals surface area contributed by atoms with Gasteiger partial charge >= 0.3 is 0 Å². The lowest BCUT2D eigenvalue weighted by Gasteiger charge is -2.47. The van der Waals surface area contributed by atoms with Gasteiger partial charge in [-0.1, -0.05) is 55.1 Å². The van der Waals surface area contributed by atoms with Crippen molar-refractivity contribution in [1.29, 1.82) is 5.26 Å². The van der Waals surface area contributed by atoms with E-state index in [0.717, 1.165) is 16.9 Å². The molecule has 152 valence electrons. The van der Waals surface area contributed by atoms with Crippen molar-refractivity contribution in [1.82, 2.24) is 0 Å². The summed E-state index contributed by atoms with van der Waals surface area (Å²) in [4.78, 5) is 2.36. The summed E-state index contributed by atoms with van der Waals surface area (Å²) in [5, 5.41) is 9.26. The average molecular weight is 405 g/mol. The number of nitrogens with zero attached hydrogens (tertiary/aromatic N) is 2. The highest BCUT2D eigenvalue weighted by Gasteiger charge is 2.58. The summed E-state index contributed by atoms with van der Waals surface area (Å²) >= 11 is 0. The lowest BCUT2D eigenvalue weighted by atomic mass is 9.76. The molecular formula is C28H24N2O. The number of hydrogen-bond donors (Lipinski definition) is 0. The van der Waals surface area contributed by atoms with Gasteiger partial charge in [0, 0.05) is 17.8 Å². The Kier molecular flexibility index (Phi) is 4.27. The van der Waals surface area contributed by atoms with Gasteiger partial charge in [-0.2, -0.15) is 5.26 Å². The van der Waals surface area contributed by atoms with Crippen LogP contribution in [0.3, 0.4) is 0 Å². The maximum Gasteiger partial charge on any atom is 0.212 e. The minimum Gasteiger partial charge on any atom is -0.463 e. The second-order valence-electron chi connectivity index (χ2n) is 8.67. The van der Waals surface area contributed by atoms with E-state index in [1.165, 1.54) is 16.8 Å². The second-order valence-corrected chi connectivity index (χ2v) is 8.67. The molecule has 0 aliphatic carbocycles. The number of anilines is 1. The molecule has 3 nitrogen and oxygen atoms in total. The van der Waals surface area contributed by atoms with Gasteiger partial charge in [0.2, 0.25) is 5.72 Å². The fourth-order valence-corrected chi connectivity index (χ4v) is 4.82. The minimum atomic E-state index is -0.672. The predicted molar refractivity (Wildman–Crippen MR) is 126 cm³/mol. The van der Waals surface area contributed by atoms with E-state index in [-0.39, 0.29) is 5.41 Å². The highest BCUT2D eigenvalue weighted by atomic mass is 16.5. The molecule has 0 N–H and O–H groups in total. The van der Waals surface area contributed by atoms with E-state index < -0.39 is 5.72 Å². The Balaban J connectivity index is 1.63. The van der Waals surface area contributed by atoms with Crippen LogP contribution in [0.25, 0.3) is 12.2 Å². The van der Waals surface area contributed by atoms with Gasteiger partial charge in [-0.25, -0.2) is 0 Å². The van der Waals surface area contributed by atoms with Gasteiger partial charge in [0.25, 0.3) is 0 Å². The van der Waals surface area contributed by atoms with Crippen molar-refractivity contribution in [3.8, 4) is 11.8 Å². The molecule has 1 unspecified atom stereocenters. The Labute approximate surface area is 183 Å². The summed E-state index contributed by atoms with van der Waals surface area (Å²) in [6, 6.07) is 24.9. The van der Waals surface area contributed by atoms with E-state index in [1.807, 2.05) is 24.3 Å². The monoisotopic (exact) mass is 404 g/mol. The first-order chi connectivity index (χ1) is 15.0. The Morgan fingerprint density at radius 3 is 2.58 bits per heavy atom. The van der Waals surface area contributed by atoms with Crippen LogP contribution in [0.15, 0.2) is 79.4 Å². The quantitative estimate of drug-likeness (QED) is 0.514. The van der Waals surface area contributed by atoms with Crippen molar-refractivity contribution in [3.63, 3.8) is 0 Å². The molecule has 1 atom stereocenters. The smallest absolute Gasteiger partial charge is 0.212 e. The fourth-order valence-electron chi connectivity index (χ4n) is 4.82. The number of fused-ring (bicyclic) bond motifs is 2. The molecular weight excluding hydrogens is 380 g/mol. The van der Waals surface area contributed by atoms with Gasteiger partial charge in [0.15, 0.2) is 0 Å². The van der Waals surface area contributed by atoms with Crippen LogP contribution in [-0.4, -0.2) is 5.72 Å². The zero-order chi connectivity index (χ0) is 21.6. The second kappa shape index (κ2) is 6.89. The molecule has 3 aromatic rings. The molecule has 0 bridgehead atoms. The summed E-state index contributed by atoms with van der Waals surface area (Å²) in [7, 11) is 0. The molecule has 3 heteroatoms. The molecule has 2 aliphatic rings. The van der Waals surface area contributed by atoms with Crippen molar-refractivity contribution < 1.29 is 4.74 Å². The third kappa shape index (κ3) is 2.79. The van der Waals surface area contributed by atoms with Crippen LogP contribution in [0.2, 0.25) is 0 Å². The van der Waals surface area contributed by atoms with Crippen LogP contribution in [0.5, 0.6) is 5.75 Å². The zero-order valence-corrected chi connectivity index (χ0v) is 17.8. The summed E-state index contributed by atoms with van der Waals surface area (Å²) in [5.41, 5.74) is 5.38. The van der Waals surface area contributed by atoms with Crippen LogP contribution >= 0.6 is 0 Å². The highest BCUT2D eigenvalue weighted by molar-refractivity contribution is 5.73. The molecule has 0 fully saturated rings. The van der Waals surface area contributed by atoms with Crippen molar-refractivity contribution >= 4 is 17.8 Å². The largest absolute Gasteiger partial charge is 0.463 e. The first-order valence-electron chi connectivity index (χ1n) is 10.5. The summed E-state index contributed by atoms with van der Waals surface area (Å²) < 4.78 is 6.82. The molecule has 1 spiro atoms. The number of hydrogen-bond acceptors (Lipinski definition) is 3. The number of nitriles is 1. The van der Waals surface area contributed by atoms with Gasteiger partial charge in [-0.3, -0.25) is 0 Å². The van der Waals surface area contributed by atoms with Gasteiger partial charge in [0.1, 0.15) is 5.75 Å². The van der Waals surface area contributed by atoms with E-state index in [9.17, 15) is 5.26 Å². The van der Waals surface area contributed by atoms with Crippen molar-refractivity contribution in [2.24, 2.45) is 0 Å². The maximum atomic E-state index is 9.26. The SMILES string of the molecule is C=Cc1ccc(CN2c3ccccc3C(C)(C)C23C=Cc2cc(C#N)ccc2O3)cc1. The Hall–Kier alpha value is -3.77. The van der Waals surface area contributed by atoms with Crippen LogP contribution in [-0.2, 0) is 12.0 Å². The van der Waals surface area contributed by atoms with Crippen LogP contribution in [0.1, 0.15) is 41.7 Å². The summed E-state index contributed by atoms with van der Waals surface area (Å²) in [6.07, 6.45) is 6.12. The first-order valence-corrected chi connectivity index (χ1v) is 10.5. The molecule has 5 rings (SSSR count). The molecule has 31 heavy (non-hydrogen) atoms. The van der Waals surface area contributed by atoms with Crippen molar-refractivity contribution in [3.05, 3.63) is 107 Å². The number of benzene rings is 3. The van der Waals surface area contributed by atoms with E-state index in [0.29, 0.717) is 12.1 Å². The van der Waals surface area contributed by atoms with E-state index in [1.54, 1.807) is 0 Å². The minimum absolute atomic E-state index is 0.285. The van der Waals surface area contributed by atoms with Gasteiger partial charge in [-0.15, -0.1) is 0 Å². The highest BCUT2D eigenvalue weighted by Crippen LogP contribution is 2.55. The standard InChI is InChI=1S/C28H24N2O/c1-4-20-9-11-21(12-10-20)19-30-25-8-6-5-7-24(25)27(2,3)28(30)16-15-23-17-22(18-29)13-14-26(23)31-28/h4-17H,1,19H2,2-3H3. The molecule has 2 aliphatic heterocycles. The van der Waals surface area contributed by atoms with E-state index in [2.05, 4.69) is 92.1 Å². The summed E-state index contributed by atoms with van der Waals surface area (Å²) in [6.45, 7) is 9.05. The Morgan fingerprint density at radius 1 is 1.06 bits per heavy atom. The van der Waals surface area contributed by atoms with Crippen LogP contribution in [0.4, 0.5) is 5.69 Å². The molecule has 3 aromatic carbocycles. The lowest BCUT2D eigenvalue weighted by Crippen LogP contribution is -2.59. The van der Waals surface area contributed by atoms with Gasteiger partial charge < -0.3 is 9.64 Å². The zero-order valence-electron chi connectivity index (χ0n) is 17.8. The Bertz CT molecular complexity index is 1250. The molecule has 0 saturated heterocycles. The topological polar surface area (TPSA) is 36.3 Å². The van der Waals surface area contributed by atoms with Crippen molar-refractivity contribution in [2.75, 3.05) is 4.90 Å². The number of para-hydroxylation sites is 1. The molecule has 2 heterocycles. The molecule has 0 aromatic heterocycles. The third-order valence-corrected chi connectivity index (χ3v) is 6.61. The maximum absolute atomic E-state index is 9.26. The van der Waals surface area contributed by atoms with Crippen LogP contribution < -0.4 is 9.64 Å². The third-order valence-electron chi connectivity index (χ3n) is 6.61. The van der Waals surface area contributed by atoms with E-state index >= 15 is 0 Å². The molecule has 0 amide bonds. The molecule has 0 radical (unpaired) electrons.